The Balaban J connectivity index is 0.00000304. The number of hydrogen-bond donors (Lipinski definition) is 0. The third-order valence-corrected chi connectivity index (χ3v) is 7.18. The molecule has 0 bridgehead atoms. The van der Waals surface area contributed by atoms with Crippen molar-refractivity contribution in [2.75, 3.05) is 49.1 Å². The predicted octanol–water partition coefficient (Wildman–Crippen LogP) is 6.62. The zero-order chi connectivity index (χ0) is 24.4. The minimum Gasteiger partial charge on any atom is -0.368 e. The molecule has 4 nitrogen and oxygen atoms in total. The quantitative estimate of drug-likeness (QED) is 0.314. The number of rotatable bonds is 8. The number of alkyl halides is 3. The summed E-state index contributed by atoms with van der Waals surface area (Å²) in [5.41, 5.74) is 1.56. The molecule has 0 aromatic heterocycles. The van der Waals surface area contributed by atoms with Gasteiger partial charge < -0.3 is 9.80 Å². The van der Waals surface area contributed by atoms with Gasteiger partial charge in [-0.15, -0.1) is 12.4 Å². The molecule has 0 N–H and O–H groups in total. The minimum atomic E-state index is -4.33. The maximum Gasteiger partial charge on any atom is 0.418 e. The number of benzene rings is 3. The molecule has 0 aliphatic carbocycles. The molecule has 192 valence electrons. The van der Waals surface area contributed by atoms with Crippen LogP contribution in [0.1, 0.15) is 41.6 Å². The van der Waals surface area contributed by atoms with Crippen molar-refractivity contribution in [3.63, 3.8) is 0 Å². The van der Waals surface area contributed by atoms with Gasteiger partial charge in [0.05, 0.1) is 11.3 Å². The lowest BCUT2D eigenvalue weighted by Gasteiger charge is -2.37. The van der Waals surface area contributed by atoms with E-state index < -0.39 is 11.7 Å². The van der Waals surface area contributed by atoms with E-state index in [0.29, 0.717) is 13.1 Å². The van der Waals surface area contributed by atoms with E-state index in [4.69, 9.17) is 0 Å². The smallest absolute Gasteiger partial charge is 0.368 e. The fraction of sp³-hybridized carbons (Fsp3) is 0.393. The molecule has 0 saturated carbocycles. The second-order valence-corrected chi connectivity index (χ2v) is 9.40. The zero-order valence-electron chi connectivity index (χ0n) is 20.1. The fourth-order valence-electron chi connectivity index (χ4n) is 5.36. The van der Waals surface area contributed by atoms with Gasteiger partial charge in [0.2, 0.25) is 0 Å². The summed E-state index contributed by atoms with van der Waals surface area (Å²) in [6.07, 6.45) is -0.185. The molecule has 1 amide bonds. The maximum atomic E-state index is 13.3. The summed E-state index contributed by atoms with van der Waals surface area (Å²) in [7, 11) is 0. The number of carbonyl (C=O) groups is 1. The number of piperazine rings is 1. The van der Waals surface area contributed by atoms with Gasteiger partial charge in [-0.1, -0.05) is 49.2 Å². The van der Waals surface area contributed by atoms with E-state index in [2.05, 4.69) is 4.90 Å². The van der Waals surface area contributed by atoms with E-state index in [9.17, 15) is 18.0 Å². The second-order valence-electron chi connectivity index (χ2n) is 9.40. The summed E-state index contributed by atoms with van der Waals surface area (Å²) < 4.78 is 40.0. The molecule has 8 heteroatoms. The Bertz CT molecular complexity index is 1200. The first-order valence-corrected chi connectivity index (χ1v) is 12.4. The summed E-state index contributed by atoms with van der Waals surface area (Å²) in [5, 5.41) is 2.18. The van der Waals surface area contributed by atoms with Crippen LogP contribution in [0.25, 0.3) is 10.8 Å². The van der Waals surface area contributed by atoms with E-state index in [-0.39, 0.29) is 24.0 Å². The summed E-state index contributed by atoms with van der Waals surface area (Å²) in [6, 6.07) is 17.8. The van der Waals surface area contributed by atoms with E-state index in [1.54, 1.807) is 12.1 Å². The maximum absolute atomic E-state index is 13.3. The van der Waals surface area contributed by atoms with Crippen LogP contribution in [0, 0.1) is 0 Å². The molecule has 0 radical (unpaired) electrons. The molecule has 3 aromatic rings. The Morgan fingerprint density at radius 2 is 1.36 bits per heavy atom. The van der Waals surface area contributed by atoms with Crippen molar-refractivity contribution < 1.29 is 18.0 Å². The zero-order valence-corrected chi connectivity index (χ0v) is 21.0. The highest BCUT2D eigenvalue weighted by atomic mass is 35.5. The summed E-state index contributed by atoms with van der Waals surface area (Å²) in [4.78, 5) is 19.0. The van der Waals surface area contributed by atoms with Gasteiger partial charge in [0.15, 0.2) is 0 Å². The average molecular weight is 518 g/mol. The van der Waals surface area contributed by atoms with Crippen molar-refractivity contribution in [3.05, 3.63) is 71.8 Å². The van der Waals surface area contributed by atoms with Crippen LogP contribution in [0.4, 0.5) is 24.5 Å². The molecule has 2 aliphatic rings. The average Bonchev–Trinajstić information content (AvgIpc) is 3.14. The van der Waals surface area contributed by atoms with Crippen molar-refractivity contribution in [1.29, 1.82) is 0 Å². The first-order valence-electron chi connectivity index (χ1n) is 12.4. The molecule has 1 fully saturated rings. The van der Waals surface area contributed by atoms with Gasteiger partial charge >= 0.3 is 6.18 Å². The standard InChI is InChI=1S/C28H30F3N3O.ClH/c29-28(30,31)23-12-3-4-13-24(23)33-19-17-32(18-20-33)15-5-1-2-6-16-34-25-14-8-10-21-9-7-11-22(26(21)25)27(34)35;/h3-4,7-14H,1-2,5-6,15-20H2;1H. The normalized spacial score (nSPS) is 16.0. The predicted molar refractivity (Wildman–Crippen MR) is 141 cm³/mol. The third kappa shape index (κ3) is 5.32. The van der Waals surface area contributed by atoms with Crippen molar-refractivity contribution in [2.45, 2.75) is 31.9 Å². The molecule has 2 heterocycles. The SMILES string of the molecule is Cl.O=C1c2cccc3cccc(c23)N1CCCCCCN1CCN(c2ccccc2C(F)(F)F)CC1. The van der Waals surface area contributed by atoms with Crippen LogP contribution >= 0.6 is 12.4 Å². The van der Waals surface area contributed by atoms with Crippen LogP contribution in [0.2, 0.25) is 0 Å². The fourth-order valence-corrected chi connectivity index (χ4v) is 5.36. The molecule has 0 atom stereocenters. The summed E-state index contributed by atoms with van der Waals surface area (Å²) in [5.74, 6) is 0.0989. The second kappa shape index (κ2) is 11.1. The first-order chi connectivity index (χ1) is 16.9. The van der Waals surface area contributed by atoms with Crippen molar-refractivity contribution in [2.24, 2.45) is 0 Å². The molecule has 3 aromatic carbocycles. The van der Waals surface area contributed by atoms with Gasteiger partial charge in [0, 0.05) is 49.4 Å². The number of hydrogen-bond acceptors (Lipinski definition) is 3. The molecule has 1 saturated heterocycles. The monoisotopic (exact) mass is 517 g/mol. The summed E-state index contributed by atoms with van der Waals surface area (Å²) >= 11 is 0. The molecular weight excluding hydrogens is 487 g/mol. The Morgan fingerprint density at radius 1 is 0.722 bits per heavy atom. The van der Waals surface area contributed by atoms with Crippen molar-refractivity contribution in [1.82, 2.24) is 4.90 Å². The van der Waals surface area contributed by atoms with Crippen LogP contribution in [-0.4, -0.2) is 50.1 Å². The number of anilines is 2. The van der Waals surface area contributed by atoms with Crippen molar-refractivity contribution >= 4 is 40.5 Å². The lowest BCUT2D eigenvalue weighted by Crippen LogP contribution is -2.47. The highest BCUT2D eigenvalue weighted by molar-refractivity contribution is 6.24. The van der Waals surface area contributed by atoms with Gasteiger partial charge in [-0.3, -0.25) is 9.69 Å². The molecule has 36 heavy (non-hydrogen) atoms. The Hall–Kier alpha value is -2.77. The molecule has 0 unspecified atom stereocenters. The largest absolute Gasteiger partial charge is 0.418 e. The number of halogens is 4. The van der Waals surface area contributed by atoms with Crippen LogP contribution in [0.5, 0.6) is 0 Å². The van der Waals surface area contributed by atoms with Crippen LogP contribution in [0.15, 0.2) is 60.7 Å². The van der Waals surface area contributed by atoms with E-state index in [0.717, 1.165) is 80.0 Å². The molecule has 2 aliphatic heterocycles. The number of nitrogens with zero attached hydrogens (tertiary/aromatic N) is 3. The van der Waals surface area contributed by atoms with Gasteiger partial charge in [0.25, 0.3) is 5.91 Å². The third-order valence-electron chi connectivity index (χ3n) is 7.18. The number of amides is 1. The number of unbranched alkanes of at least 4 members (excludes halogenated alkanes) is 3. The Morgan fingerprint density at radius 3 is 2.08 bits per heavy atom. The first kappa shape index (κ1) is 26.3. The van der Waals surface area contributed by atoms with Gasteiger partial charge in [-0.2, -0.15) is 13.2 Å². The number of carbonyl (C=O) groups excluding carboxylic acids is 1. The number of para-hydroxylation sites is 1. The van der Waals surface area contributed by atoms with Gasteiger partial charge in [-0.05, 0) is 49.0 Å². The molecular formula is C28H31ClF3N3O. The van der Waals surface area contributed by atoms with E-state index in [1.807, 2.05) is 46.2 Å². The molecule has 0 spiro atoms. The lowest BCUT2D eigenvalue weighted by molar-refractivity contribution is -0.137. The topological polar surface area (TPSA) is 26.8 Å². The van der Waals surface area contributed by atoms with E-state index in [1.165, 1.54) is 6.07 Å². The highest BCUT2D eigenvalue weighted by Gasteiger charge is 2.35. The van der Waals surface area contributed by atoms with Crippen LogP contribution in [-0.2, 0) is 6.18 Å². The van der Waals surface area contributed by atoms with Crippen LogP contribution < -0.4 is 9.80 Å². The Kier molecular flexibility index (Phi) is 8.10. The lowest BCUT2D eigenvalue weighted by atomic mass is 10.1. The molecule has 5 rings (SSSR count). The van der Waals surface area contributed by atoms with Crippen molar-refractivity contribution in [3.8, 4) is 0 Å². The van der Waals surface area contributed by atoms with Gasteiger partial charge in [0.1, 0.15) is 0 Å². The summed E-state index contributed by atoms with van der Waals surface area (Å²) in [6.45, 7) is 4.45. The Labute approximate surface area is 216 Å². The minimum absolute atomic E-state index is 0. The van der Waals surface area contributed by atoms with Gasteiger partial charge in [-0.25, -0.2) is 0 Å². The van der Waals surface area contributed by atoms with Crippen LogP contribution in [0.3, 0.4) is 0 Å². The van der Waals surface area contributed by atoms with E-state index >= 15 is 0 Å². The highest BCUT2D eigenvalue weighted by Crippen LogP contribution is 2.38.